The minimum absolute atomic E-state index is 0.418. The molecule has 0 aromatic heterocycles. The van der Waals surface area contributed by atoms with Crippen molar-refractivity contribution in [1.82, 2.24) is 5.32 Å². The van der Waals surface area contributed by atoms with Crippen LogP contribution in [0, 0.1) is 0 Å². The van der Waals surface area contributed by atoms with Crippen LogP contribution in [0.3, 0.4) is 0 Å². The van der Waals surface area contributed by atoms with Gasteiger partial charge in [0.1, 0.15) is 5.67 Å². The molecule has 106 valence electrons. The summed E-state index contributed by atoms with van der Waals surface area (Å²) in [5.41, 5.74) is 0.209. The number of methoxy groups -OCH3 is 2. The van der Waals surface area contributed by atoms with Gasteiger partial charge in [0, 0.05) is 12.1 Å². The third kappa shape index (κ3) is 2.84. The smallest absolute Gasteiger partial charge is 0.167 e. The van der Waals surface area contributed by atoms with Crippen LogP contribution < -0.4 is 14.8 Å². The second-order valence-corrected chi connectivity index (χ2v) is 5.47. The van der Waals surface area contributed by atoms with E-state index in [-0.39, 0.29) is 0 Å². The second-order valence-electron chi connectivity index (χ2n) is 5.47. The van der Waals surface area contributed by atoms with Crippen molar-refractivity contribution in [1.29, 1.82) is 0 Å². The fraction of sp³-hybridized carbons (Fsp3) is 0.600. The largest absolute Gasteiger partial charge is 0.493 e. The summed E-state index contributed by atoms with van der Waals surface area (Å²) in [5, 5.41) is 3.33. The number of benzene rings is 1. The minimum Gasteiger partial charge on any atom is -0.493 e. The number of rotatable bonds is 4. The molecule has 2 rings (SSSR count). The van der Waals surface area contributed by atoms with E-state index in [4.69, 9.17) is 9.47 Å². The summed E-state index contributed by atoms with van der Waals surface area (Å²) >= 11 is 0. The first-order valence-corrected chi connectivity index (χ1v) is 6.63. The first-order chi connectivity index (χ1) is 8.97. The van der Waals surface area contributed by atoms with Crippen molar-refractivity contribution in [3.05, 3.63) is 23.3 Å². The van der Waals surface area contributed by atoms with Gasteiger partial charge in [-0.15, -0.1) is 0 Å². The molecule has 1 aromatic carbocycles. The zero-order valence-electron chi connectivity index (χ0n) is 12.0. The summed E-state index contributed by atoms with van der Waals surface area (Å²) in [6.45, 7) is 5.02. The van der Waals surface area contributed by atoms with Crippen LogP contribution in [0.4, 0.5) is 4.39 Å². The third-order valence-electron chi connectivity index (χ3n) is 3.67. The standard InChI is InChI=1S/C15H22FNO2/c1-15(2,16)12-7-11(10-5-6-17-9-10)8-13(18-3)14(12)19-4/h7-8,10,17H,5-6,9H2,1-4H3. The SMILES string of the molecule is COc1cc(C2CCNC2)cc(C(C)(C)F)c1OC. The Morgan fingerprint density at radius 2 is 2.00 bits per heavy atom. The fourth-order valence-electron chi connectivity index (χ4n) is 2.60. The van der Waals surface area contributed by atoms with Crippen molar-refractivity contribution in [3.63, 3.8) is 0 Å². The van der Waals surface area contributed by atoms with Gasteiger partial charge >= 0.3 is 0 Å². The first-order valence-electron chi connectivity index (χ1n) is 6.63. The molecule has 3 nitrogen and oxygen atoms in total. The van der Waals surface area contributed by atoms with Gasteiger partial charge in [0.2, 0.25) is 0 Å². The zero-order chi connectivity index (χ0) is 14.0. The van der Waals surface area contributed by atoms with Crippen LogP contribution in [0.25, 0.3) is 0 Å². The molecule has 1 heterocycles. The highest BCUT2D eigenvalue weighted by Crippen LogP contribution is 2.42. The molecule has 0 saturated carbocycles. The molecule has 0 aliphatic carbocycles. The highest BCUT2D eigenvalue weighted by molar-refractivity contribution is 5.52. The summed E-state index contributed by atoms with van der Waals surface area (Å²) in [6.07, 6.45) is 1.07. The molecule has 1 atom stereocenters. The molecule has 0 spiro atoms. The third-order valence-corrected chi connectivity index (χ3v) is 3.67. The predicted octanol–water partition coefficient (Wildman–Crippen LogP) is 2.99. The monoisotopic (exact) mass is 267 g/mol. The van der Waals surface area contributed by atoms with Gasteiger partial charge < -0.3 is 14.8 Å². The molecular weight excluding hydrogens is 245 g/mol. The van der Waals surface area contributed by atoms with E-state index >= 15 is 0 Å². The quantitative estimate of drug-likeness (QED) is 0.909. The average Bonchev–Trinajstić information content (AvgIpc) is 2.89. The van der Waals surface area contributed by atoms with E-state index in [0.717, 1.165) is 25.1 Å². The van der Waals surface area contributed by atoms with Crippen LogP contribution in [0.15, 0.2) is 12.1 Å². The molecule has 1 unspecified atom stereocenters. The van der Waals surface area contributed by atoms with E-state index in [1.165, 1.54) is 0 Å². The Kier molecular flexibility index (Phi) is 3.99. The van der Waals surface area contributed by atoms with E-state index in [1.54, 1.807) is 28.1 Å². The van der Waals surface area contributed by atoms with Gasteiger partial charge in [-0.25, -0.2) is 4.39 Å². The second kappa shape index (κ2) is 5.37. The average molecular weight is 267 g/mol. The van der Waals surface area contributed by atoms with Gasteiger partial charge in [-0.05, 0) is 50.4 Å². The lowest BCUT2D eigenvalue weighted by atomic mass is 9.90. The highest BCUT2D eigenvalue weighted by Gasteiger charge is 2.28. The van der Waals surface area contributed by atoms with Crippen molar-refractivity contribution in [2.45, 2.75) is 31.9 Å². The van der Waals surface area contributed by atoms with Crippen LogP contribution in [0.1, 0.15) is 37.3 Å². The van der Waals surface area contributed by atoms with Crippen molar-refractivity contribution in [2.75, 3.05) is 27.3 Å². The Bertz CT molecular complexity index is 448. The molecule has 0 bridgehead atoms. The molecule has 1 aliphatic heterocycles. The minimum atomic E-state index is -1.46. The van der Waals surface area contributed by atoms with Crippen LogP contribution in [-0.4, -0.2) is 27.3 Å². The number of halogens is 1. The van der Waals surface area contributed by atoms with Gasteiger partial charge in [0.15, 0.2) is 11.5 Å². The van der Waals surface area contributed by atoms with Crippen molar-refractivity contribution in [2.24, 2.45) is 0 Å². The summed E-state index contributed by atoms with van der Waals surface area (Å²) in [4.78, 5) is 0. The van der Waals surface area contributed by atoms with Gasteiger partial charge in [-0.2, -0.15) is 0 Å². The maximum atomic E-state index is 14.4. The van der Waals surface area contributed by atoms with Gasteiger partial charge in [0.05, 0.1) is 14.2 Å². The van der Waals surface area contributed by atoms with Crippen LogP contribution in [0.2, 0.25) is 0 Å². The highest BCUT2D eigenvalue weighted by atomic mass is 19.1. The lowest BCUT2D eigenvalue weighted by Crippen LogP contribution is -2.14. The Labute approximate surface area is 114 Å². The molecular formula is C15H22FNO2. The number of alkyl halides is 1. The van der Waals surface area contributed by atoms with Crippen molar-refractivity contribution < 1.29 is 13.9 Å². The van der Waals surface area contributed by atoms with Crippen LogP contribution in [0.5, 0.6) is 11.5 Å². The van der Waals surface area contributed by atoms with Crippen molar-refractivity contribution in [3.8, 4) is 11.5 Å². The Balaban J connectivity index is 2.52. The molecule has 0 amide bonds. The lowest BCUT2D eigenvalue weighted by molar-refractivity contribution is 0.211. The van der Waals surface area contributed by atoms with Crippen LogP contribution in [-0.2, 0) is 5.67 Å². The molecule has 1 saturated heterocycles. The summed E-state index contributed by atoms with van der Waals surface area (Å²) in [7, 11) is 3.13. The number of ether oxygens (including phenoxy) is 2. The van der Waals surface area contributed by atoms with Crippen LogP contribution >= 0.6 is 0 Å². The molecule has 1 aromatic rings. The maximum absolute atomic E-state index is 14.4. The maximum Gasteiger partial charge on any atom is 0.167 e. The number of hydrogen-bond donors (Lipinski definition) is 1. The Hall–Kier alpha value is -1.29. The molecule has 0 radical (unpaired) electrons. The summed E-state index contributed by atoms with van der Waals surface area (Å²) in [5.74, 6) is 1.51. The molecule has 1 fully saturated rings. The van der Waals surface area contributed by atoms with E-state index in [9.17, 15) is 4.39 Å². The normalized spacial score (nSPS) is 19.5. The first kappa shape index (κ1) is 14.1. The number of hydrogen-bond acceptors (Lipinski definition) is 3. The summed E-state index contributed by atoms with van der Waals surface area (Å²) < 4.78 is 25.1. The zero-order valence-corrected chi connectivity index (χ0v) is 12.0. The molecule has 1 aliphatic rings. The number of nitrogens with one attached hydrogen (secondary N) is 1. The fourth-order valence-corrected chi connectivity index (χ4v) is 2.60. The molecule has 1 N–H and O–H groups in total. The van der Waals surface area contributed by atoms with Gasteiger partial charge in [0.25, 0.3) is 0 Å². The lowest BCUT2D eigenvalue weighted by Gasteiger charge is -2.23. The van der Waals surface area contributed by atoms with Gasteiger partial charge in [-0.1, -0.05) is 0 Å². The Morgan fingerprint density at radius 1 is 1.26 bits per heavy atom. The van der Waals surface area contributed by atoms with E-state index in [2.05, 4.69) is 5.32 Å². The van der Waals surface area contributed by atoms with E-state index in [1.807, 2.05) is 12.1 Å². The topological polar surface area (TPSA) is 30.5 Å². The van der Waals surface area contributed by atoms with Gasteiger partial charge in [-0.3, -0.25) is 0 Å². The van der Waals surface area contributed by atoms with E-state index < -0.39 is 5.67 Å². The van der Waals surface area contributed by atoms with Crippen molar-refractivity contribution >= 4 is 0 Å². The Morgan fingerprint density at radius 3 is 2.47 bits per heavy atom. The molecule has 19 heavy (non-hydrogen) atoms. The predicted molar refractivity (Wildman–Crippen MR) is 73.9 cm³/mol. The van der Waals surface area contributed by atoms with E-state index in [0.29, 0.717) is 23.0 Å². The molecule has 4 heteroatoms. The summed E-state index contributed by atoms with van der Waals surface area (Å²) in [6, 6.07) is 3.88.